The molecule has 0 N–H and O–H groups in total. The first-order valence-corrected chi connectivity index (χ1v) is 6.07. The molecule has 0 amide bonds. The number of benzene rings is 1. The molecule has 6 nitrogen and oxygen atoms in total. The van der Waals surface area contributed by atoms with Crippen molar-refractivity contribution in [1.82, 2.24) is 9.55 Å². The van der Waals surface area contributed by atoms with Gasteiger partial charge in [-0.15, -0.1) is 0 Å². The first-order chi connectivity index (χ1) is 9.63. The van der Waals surface area contributed by atoms with Gasteiger partial charge in [0.15, 0.2) is 23.1 Å². The summed E-state index contributed by atoms with van der Waals surface area (Å²) < 4.78 is 12.0. The van der Waals surface area contributed by atoms with Crippen LogP contribution in [0.3, 0.4) is 0 Å². The van der Waals surface area contributed by atoms with Crippen molar-refractivity contribution in [2.24, 2.45) is 7.05 Å². The second-order valence-electron chi connectivity index (χ2n) is 4.52. The molecule has 2 aromatic rings. The molecule has 102 valence electrons. The van der Waals surface area contributed by atoms with Gasteiger partial charge in [0, 0.05) is 18.8 Å². The Morgan fingerprint density at radius 2 is 2.05 bits per heavy atom. The Hall–Kier alpha value is -2.63. The molecule has 0 spiro atoms. The van der Waals surface area contributed by atoms with Crippen molar-refractivity contribution >= 4 is 11.6 Å². The standard InChI is InChI=1S/C14H12N2O4/c1-16-6-10(15-7-16)12(18)5-11(17)9-2-3-13-14(4-9)20-8-19-13/h2-4,6-7H,5,8H2,1H3. The minimum absolute atomic E-state index is 0.153. The van der Waals surface area contributed by atoms with E-state index in [1.165, 1.54) is 6.33 Å². The lowest BCUT2D eigenvalue weighted by atomic mass is 10.0. The molecule has 1 aliphatic rings. The monoisotopic (exact) mass is 272 g/mol. The van der Waals surface area contributed by atoms with Crippen LogP contribution in [0.2, 0.25) is 0 Å². The van der Waals surface area contributed by atoms with Crippen molar-refractivity contribution in [2.75, 3.05) is 6.79 Å². The largest absolute Gasteiger partial charge is 0.454 e. The topological polar surface area (TPSA) is 70.4 Å². The highest BCUT2D eigenvalue weighted by molar-refractivity contribution is 6.13. The summed E-state index contributed by atoms with van der Waals surface area (Å²) in [5.41, 5.74) is 0.722. The van der Waals surface area contributed by atoms with E-state index in [1.807, 2.05) is 0 Å². The van der Waals surface area contributed by atoms with E-state index < -0.39 is 0 Å². The van der Waals surface area contributed by atoms with Gasteiger partial charge in [-0.3, -0.25) is 9.59 Å². The summed E-state index contributed by atoms with van der Waals surface area (Å²) in [6, 6.07) is 4.89. The summed E-state index contributed by atoms with van der Waals surface area (Å²) in [5, 5.41) is 0. The van der Waals surface area contributed by atoms with E-state index in [0.717, 1.165) is 0 Å². The van der Waals surface area contributed by atoms with E-state index >= 15 is 0 Å². The zero-order chi connectivity index (χ0) is 14.1. The molecule has 0 aliphatic carbocycles. The Balaban J connectivity index is 1.75. The maximum atomic E-state index is 12.1. The number of aromatic nitrogens is 2. The van der Waals surface area contributed by atoms with E-state index in [1.54, 1.807) is 36.0 Å². The lowest BCUT2D eigenvalue weighted by Crippen LogP contribution is -2.09. The normalized spacial score (nSPS) is 12.4. The highest BCUT2D eigenvalue weighted by atomic mass is 16.7. The van der Waals surface area contributed by atoms with Crippen LogP contribution in [0.1, 0.15) is 27.3 Å². The zero-order valence-corrected chi connectivity index (χ0v) is 10.8. The van der Waals surface area contributed by atoms with Gasteiger partial charge in [0.1, 0.15) is 5.69 Å². The molecular weight excluding hydrogens is 260 g/mol. The quantitative estimate of drug-likeness (QED) is 0.624. The van der Waals surface area contributed by atoms with Crippen LogP contribution in [0.25, 0.3) is 0 Å². The molecule has 20 heavy (non-hydrogen) atoms. The van der Waals surface area contributed by atoms with Crippen molar-refractivity contribution in [2.45, 2.75) is 6.42 Å². The lowest BCUT2D eigenvalue weighted by Gasteiger charge is -2.01. The van der Waals surface area contributed by atoms with Crippen LogP contribution in [-0.2, 0) is 7.05 Å². The maximum Gasteiger partial charge on any atom is 0.231 e. The third-order valence-corrected chi connectivity index (χ3v) is 3.01. The van der Waals surface area contributed by atoms with Gasteiger partial charge >= 0.3 is 0 Å². The van der Waals surface area contributed by atoms with Crippen molar-refractivity contribution in [3.8, 4) is 11.5 Å². The molecule has 0 radical (unpaired) electrons. The van der Waals surface area contributed by atoms with Gasteiger partial charge in [-0.05, 0) is 18.2 Å². The van der Waals surface area contributed by atoms with Crippen molar-refractivity contribution < 1.29 is 19.1 Å². The molecule has 3 rings (SSSR count). The SMILES string of the molecule is Cn1cnc(C(=O)CC(=O)c2ccc3c(c2)OCO3)c1. The number of fused-ring (bicyclic) bond motifs is 1. The van der Waals surface area contributed by atoms with E-state index in [9.17, 15) is 9.59 Å². The van der Waals surface area contributed by atoms with Gasteiger partial charge in [-0.25, -0.2) is 4.98 Å². The van der Waals surface area contributed by atoms with Crippen LogP contribution < -0.4 is 9.47 Å². The number of Topliss-reactive ketones (excluding diaryl/α,β-unsaturated/α-hetero) is 2. The van der Waals surface area contributed by atoms with Crippen molar-refractivity contribution in [1.29, 1.82) is 0 Å². The number of hydrogen-bond donors (Lipinski definition) is 0. The zero-order valence-electron chi connectivity index (χ0n) is 10.8. The number of ketones is 2. The Morgan fingerprint density at radius 1 is 1.25 bits per heavy atom. The number of aryl methyl sites for hydroxylation is 1. The molecule has 0 saturated heterocycles. The predicted molar refractivity (Wildman–Crippen MR) is 69.1 cm³/mol. The summed E-state index contributed by atoms with van der Waals surface area (Å²) in [4.78, 5) is 27.9. The number of carbonyl (C=O) groups is 2. The molecule has 0 unspecified atom stereocenters. The van der Waals surface area contributed by atoms with Crippen molar-refractivity contribution in [3.05, 3.63) is 42.0 Å². The van der Waals surface area contributed by atoms with Gasteiger partial charge in [-0.1, -0.05) is 0 Å². The average molecular weight is 272 g/mol. The summed E-state index contributed by atoms with van der Waals surface area (Å²) in [6.45, 7) is 0.153. The molecule has 0 bridgehead atoms. The number of rotatable bonds is 4. The Morgan fingerprint density at radius 3 is 2.80 bits per heavy atom. The minimum atomic E-state index is -0.298. The second-order valence-corrected chi connectivity index (χ2v) is 4.52. The fourth-order valence-electron chi connectivity index (χ4n) is 1.97. The third-order valence-electron chi connectivity index (χ3n) is 3.01. The average Bonchev–Trinajstić information content (AvgIpc) is 3.05. The van der Waals surface area contributed by atoms with Gasteiger partial charge in [0.2, 0.25) is 6.79 Å². The summed E-state index contributed by atoms with van der Waals surface area (Å²) in [6.07, 6.45) is 2.91. The fraction of sp³-hybridized carbons (Fsp3) is 0.214. The molecule has 2 heterocycles. The number of nitrogens with zero attached hydrogens (tertiary/aromatic N) is 2. The highest BCUT2D eigenvalue weighted by Gasteiger charge is 2.19. The van der Waals surface area contributed by atoms with Crippen LogP contribution in [0.15, 0.2) is 30.7 Å². The van der Waals surface area contributed by atoms with E-state index in [0.29, 0.717) is 22.8 Å². The predicted octanol–water partition coefficient (Wildman–Crippen LogP) is 1.60. The van der Waals surface area contributed by atoms with E-state index in [4.69, 9.17) is 9.47 Å². The third kappa shape index (κ3) is 2.27. The second kappa shape index (κ2) is 4.80. The molecule has 1 aromatic heterocycles. The van der Waals surface area contributed by atoms with Crippen LogP contribution in [0, 0.1) is 0 Å². The van der Waals surface area contributed by atoms with Crippen LogP contribution in [-0.4, -0.2) is 27.9 Å². The summed E-state index contributed by atoms with van der Waals surface area (Å²) in [5.74, 6) is 0.575. The van der Waals surface area contributed by atoms with Gasteiger partial charge in [0.05, 0.1) is 12.7 Å². The van der Waals surface area contributed by atoms with Crippen LogP contribution in [0.4, 0.5) is 0 Å². The summed E-state index contributed by atoms with van der Waals surface area (Å²) in [7, 11) is 1.77. The van der Waals surface area contributed by atoms with Crippen molar-refractivity contribution in [3.63, 3.8) is 0 Å². The van der Waals surface area contributed by atoms with Crippen LogP contribution >= 0.6 is 0 Å². The number of hydrogen-bond acceptors (Lipinski definition) is 5. The molecule has 0 fully saturated rings. The van der Waals surface area contributed by atoms with Crippen LogP contribution in [0.5, 0.6) is 11.5 Å². The lowest BCUT2D eigenvalue weighted by molar-refractivity contribution is 0.0891. The highest BCUT2D eigenvalue weighted by Crippen LogP contribution is 2.32. The molecule has 1 aromatic carbocycles. The molecule has 6 heteroatoms. The Bertz CT molecular complexity index is 690. The van der Waals surface area contributed by atoms with Gasteiger partial charge in [0.25, 0.3) is 0 Å². The molecule has 0 atom stereocenters. The first-order valence-electron chi connectivity index (χ1n) is 6.07. The van der Waals surface area contributed by atoms with E-state index in [-0.39, 0.29) is 24.8 Å². The number of carbonyl (C=O) groups excluding carboxylic acids is 2. The number of ether oxygens (including phenoxy) is 2. The van der Waals surface area contributed by atoms with E-state index in [2.05, 4.69) is 4.98 Å². The smallest absolute Gasteiger partial charge is 0.231 e. The fourth-order valence-corrected chi connectivity index (χ4v) is 1.97. The Labute approximate surface area is 114 Å². The molecule has 0 saturated carbocycles. The maximum absolute atomic E-state index is 12.1. The Kier molecular flexibility index (Phi) is 2.98. The number of imidazole rings is 1. The van der Waals surface area contributed by atoms with Gasteiger partial charge < -0.3 is 14.0 Å². The first kappa shape index (κ1) is 12.4. The molecule has 1 aliphatic heterocycles. The van der Waals surface area contributed by atoms with Gasteiger partial charge in [-0.2, -0.15) is 0 Å². The molecular formula is C14H12N2O4. The minimum Gasteiger partial charge on any atom is -0.454 e. The summed E-state index contributed by atoms with van der Waals surface area (Å²) >= 11 is 0.